The number of fused-ring (bicyclic) bond motifs is 1. The van der Waals surface area contributed by atoms with Gasteiger partial charge in [0.1, 0.15) is 10.7 Å². The number of carbonyl (C=O) groups excluding carboxylic acids is 1. The molecule has 176 valence electrons. The fourth-order valence-corrected chi connectivity index (χ4v) is 5.04. The first-order valence-corrected chi connectivity index (χ1v) is 11.8. The lowest BCUT2D eigenvalue weighted by molar-refractivity contribution is -0.402. The first-order chi connectivity index (χ1) is 16.2. The number of carbonyl (C=O) groups is 1. The van der Waals surface area contributed by atoms with Crippen molar-refractivity contribution in [3.05, 3.63) is 93.8 Å². The Morgan fingerprint density at radius 3 is 2.53 bits per heavy atom. The van der Waals surface area contributed by atoms with Gasteiger partial charge in [-0.3, -0.25) is 24.3 Å². The summed E-state index contributed by atoms with van der Waals surface area (Å²) in [7, 11) is 0. The van der Waals surface area contributed by atoms with Crippen LogP contribution >= 0.6 is 22.9 Å². The number of amides is 1. The summed E-state index contributed by atoms with van der Waals surface area (Å²) in [5.41, 5.74) is 1.28. The molecule has 0 aliphatic carbocycles. The number of furan rings is 1. The predicted molar refractivity (Wildman–Crippen MR) is 129 cm³/mol. The number of nitrogens with zero attached hydrogens (tertiary/aromatic N) is 4. The number of likely N-dealkylation sites (N-methyl/N-ethyl adjacent to an activating group) is 1. The van der Waals surface area contributed by atoms with E-state index in [-0.39, 0.29) is 21.8 Å². The summed E-state index contributed by atoms with van der Waals surface area (Å²) in [6.45, 7) is 6.58. The summed E-state index contributed by atoms with van der Waals surface area (Å²) in [6, 6.07) is 8.95. The smallest absolute Gasteiger partial charge is 0.401 e. The molecular weight excluding hydrogens is 480 g/mol. The topological polar surface area (TPSA) is 111 Å². The molecule has 1 aliphatic rings. The first-order valence-electron chi connectivity index (χ1n) is 10.6. The average Bonchev–Trinajstić information content (AvgIpc) is 3.39. The second-order valence-electron chi connectivity index (χ2n) is 7.54. The van der Waals surface area contributed by atoms with Crippen molar-refractivity contribution in [3.63, 3.8) is 0 Å². The normalized spacial score (nSPS) is 15.8. The fraction of sp³-hybridized carbons (Fsp3) is 0.261. The van der Waals surface area contributed by atoms with Gasteiger partial charge < -0.3 is 9.32 Å². The molecule has 11 heteroatoms. The van der Waals surface area contributed by atoms with Crippen LogP contribution in [0.2, 0.25) is 5.02 Å². The van der Waals surface area contributed by atoms with Crippen LogP contribution in [0, 0.1) is 10.1 Å². The van der Waals surface area contributed by atoms with Gasteiger partial charge in [0.15, 0.2) is 4.80 Å². The van der Waals surface area contributed by atoms with Gasteiger partial charge in [0.2, 0.25) is 0 Å². The molecular formula is C23H21ClN4O5S. The van der Waals surface area contributed by atoms with Crippen molar-refractivity contribution in [2.75, 3.05) is 13.1 Å². The Morgan fingerprint density at radius 2 is 1.94 bits per heavy atom. The van der Waals surface area contributed by atoms with E-state index < -0.39 is 16.8 Å². The number of benzene rings is 1. The molecule has 2 aromatic heterocycles. The number of hydrogen-bond donors (Lipinski definition) is 0. The van der Waals surface area contributed by atoms with Crippen LogP contribution in [0.25, 0.3) is 6.08 Å². The van der Waals surface area contributed by atoms with Gasteiger partial charge in [0.25, 0.3) is 11.5 Å². The van der Waals surface area contributed by atoms with Gasteiger partial charge in [-0.15, -0.1) is 0 Å². The lowest BCUT2D eigenvalue weighted by atomic mass is 9.94. The summed E-state index contributed by atoms with van der Waals surface area (Å²) in [5.74, 6) is -0.432. The molecule has 9 nitrogen and oxygen atoms in total. The third-order valence-electron chi connectivity index (χ3n) is 5.55. The molecule has 0 bridgehead atoms. The molecule has 0 spiro atoms. The Bertz CT molecular complexity index is 1480. The zero-order valence-electron chi connectivity index (χ0n) is 18.6. The summed E-state index contributed by atoms with van der Waals surface area (Å²) < 4.78 is 6.96. The maximum Gasteiger partial charge on any atom is 0.433 e. The number of halogens is 1. The van der Waals surface area contributed by atoms with Crippen LogP contribution < -0.4 is 14.9 Å². The van der Waals surface area contributed by atoms with Gasteiger partial charge in [-0.1, -0.05) is 35.1 Å². The highest BCUT2D eigenvalue weighted by Crippen LogP contribution is 2.31. The van der Waals surface area contributed by atoms with E-state index in [0.29, 0.717) is 34.2 Å². The maximum atomic E-state index is 13.5. The quantitative estimate of drug-likeness (QED) is 0.381. The van der Waals surface area contributed by atoms with Gasteiger partial charge in [-0.2, -0.15) is 0 Å². The Hall–Kier alpha value is -3.50. The number of thiazole rings is 1. The minimum absolute atomic E-state index is 0.176. The van der Waals surface area contributed by atoms with Crippen molar-refractivity contribution >= 4 is 40.8 Å². The molecule has 3 heterocycles. The molecule has 0 unspecified atom stereocenters. The molecule has 3 aromatic rings. The van der Waals surface area contributed by atoms with Crippen LogP contribution in [0.4, 0.5) is 5.88 Å². The molecule has 0 saturated carbocycles. The molecule has 1 aliphatic heterocycles. The molecule has 0 fully saturated rings. The minimum Gasteiger partial charge on any atom is -0.401 e. The first kappa shape index (κ1) is 23.7. The lowest BCUT2D eigenvalue weighted by Crippen LogP contribution is -2.43. The molecule has 0 N–H and O–H groups in total. The van der Waals surface area contributed by atoms with Crippen molar-refractivity contribution in [2.24, 2.45) is 4.99 Å². The maximum absolute atomic E-state index is 13.5. The van der Waals surface area contributed by atoms with E-state index in [4.69, 9.17) is 16.0 Å². The lowest BCUT2D eigenvalue weighted by Gasteiger charge is -2.29. The molecule has 0 saturated heterocycles. The number of aromatic nitrogens is 1. The second-order valence-corrected chi connectivity index (χ2v) is 8.99. The molecule has 1 aromatic carbocycles. The number of rotatable bonds is 6. The van der Waals surface area contributed by atoms with Crippen LogP contribution in [-0.2, 0) is 4.79 Å². The Morgan fingerprint density at radius 1 is 1.26 bits per heavy atom. The molecule has 34 heavy (non-hydrogen) atoms. The van der Waals surface area contributed by atoms with Gasteiger partial charge in [0, 0.05) is 24.2 Å². The standard InChI is InChI=1S/C23H21ClN4O5S/c1-4-26(5-2)22(30)19-13(3)25-23-27(20(19)14-6-8-15(24)9-7-14)21(29)17(34-23)12-16-10-11-18(33-16)28(31)32/h6-12,20H,4-5H2,1-3H3/b17-12+/t20-/m0/s1. The molecule has 1 amide bonds. The fourth-order valence-electron chi connectivity index (χ4n) is 3.88. The molecule has 1 atom stereocenters. The van der Waals surface area contributed by atoms with Gasteiger partial charge in [-0.05, 0) is 44.5 Å². The third-order valence-corrected chi connectivity index (χ3v) is 6.79. The number of hydrogen-bond acceptors (Lipinski definition) is 7. The highest BCUT2D eigenvalue weighted by atomic mass is 35.5. The summed E-state index contributed by atoms with van der Waals surface area (Å²) >= 11 is 7.21. The van der Waals surface area contributed by atoms with E-state index in [1.165, 1.54) is 22.8 Å². The highest BCUT2D eigenvalue weighted by molar-refractivity contribution is 7.07. The van der Waals surface area contributed by atoms with Crippen molar-refractivity contribution < 1.29 is 14.1 Å². The number of nitro groups is 1. The monoisotopic (exact) mass is 500 g/mol. The van der Waals surface area contributed by atoms with E-state index in [2.05, 4.69) is 4.99 Å². The van der Waals surface area contributed by atoms with Crippen LogP contribution in [0.3, 0.4) is 0 Å². The van der Waals surface area contributed by atoms with Crippen LogP contribution in [-0.4, -0.2) is 33.4 Å². The zero-order valence-corrected chi connectivity index (χ0v) is 20.2. The third kappa shape index (κ3) is 4.22. The van der Waals surface area contributed by atoms with Gasteiger partial charge in [0.05, 0.1) is 27.9 Å². The minimum atomic E-state index is -0.699. The second kappa shape index (κ2) is 9.40. The number of allylic oxidation sites excluding steroid dienone is 1. The summed E-state index contributed by atoms with van der Waals surface area (Å²) in [4.78, 5) is 44.0. The van der Waals surface area contributed by atoms with E-state index in [9.17, 15) is 19.7 Å². The van der Waals surface area contributed by atoms with E-state index in [1.807, 2.05) is 13.8 Å². The Balaban J connectivity index is 1.93. The van der Waals surface area contributed by atoms with Gasteiger partial charge in [-0.25, -0.2) is 4.99 Å². The SMILES string of the molecule is CCN(CC)C(=O)C1=C(C)N=c2s/c(=C/c3ccc([N+](=O)[O-])o3)c(=O)n2[C@H]1c1ccc(Cl)cc1. The molecule has 4 rings (SSSR count). The zero-order chi connectivity index (χ0) is 24.6. The Kier molecular flexibility index (Phi) is 6.54. The van der Waals surface area contributed by atoms with E-state index >= 15 is 0 Å². The molecule has 0 radical (unpaired) electrons. The average molecular weight is 501 g/mol. The van der Waals surface area contributed by atoms with Crippen molar-refractivity contribution in [1.82, 2.24) is 9.47 Å². The largest absolute Gasteiger partial charge is 0.433 e. The van der Waals surface area contributed by atoms with Crippen molar-refractivity contribution in [1.29, 1.82) is 0 Å². The van der Waals surface area contributed by atoms with Crippen LogP contribution in [0.5, 0.6) is 0 Å². The van der Waals surface area contributed by atoms with Crippen LogP contribution in [0.15, 0.2) is 61.9 Å². The van der Waals surface area contributed by atoms with E-state index in [1.54, 1.807) is 36.1 Å². The van der Waals surface area contributed by atoms with Crippen molar-refractivity contribution in [2.45, 2.75) is 26.8 Å². The van der Waals surface area contributed by atoms with E-state index in [0.717, 1.165) is 16.9 Å². The van der Waals surface area contributed by atoms with Crippen molar-refractivity contribution in [3.8, 4) is 0 Å². The van der Waals surface area contributed by atoms with Gasteiger partial charge >= 0.3 is 5.88 Å². The Labute approximate surface area is 203 Å². The predicted octanol–water partition coefficient (Wildman–Crippen LogP) is 3.26. The summed E-state index contributed by atoms with van der Waals surface area (Å²) in [5, 5.41) is 11.5. The highest BCUT2D eigenvalue weighted by Gasteiger charge is 2.34. The van der Waals surface area contributed by atoms with Crippen LogP contribution in [0.1, 0.15) is 38.1 Å². The summed E-state index contributed by atoms with van der Waals surface area (Å²) in [6.07, 6.45) is 1.45.